The fourth-order valence-electron chi connectivity index (χ4n) is 2.08. The molecule has 2 aromatic rings. The lowest BCUT2D eigenvalue weighted by atomic mass is 9.98. The van der Waals surface area contributed by atoms with Gasteiger partial charge in [0.05, 0.1) is 4.90 Å². The summed E-state index contributed by atoms with van der Waals surface area (Å²) < 4.78 is 0. The Bertz CT molecular complexity index is 715. The summed E-state index contributed by atoms with van der Waals surface area (Å²) in [4.78, 5) is 10.4. The topological polar surface area (TPSA) is 51.8 Å². The first-order chi connectivity index (χ1) is 9.92. The molecule has 108 valence electrons. The van der Waals surface area contributed by atoms with Gasteiger partial charge >= 0.3 is 0 Å². The van der Waals surface area contributed by atoms with Crippen LogP contribution in [-0.4, -0.2) is 9.97 Å². The largest absolute Gasteiger partial charge is 0.383 e. The highest BCUT2D eigenvalue weighted by Gasteiger charge is 2.13. The van der Waals surface area contributed by atoms with E-state index in [1.807, 2.05) is 13.8 Å². The molecule has 2 rings (SSSR count). The van der Waals surface area contributed by atoms with Crippen LogP contribution >= 0.6 is 11.8 Å². The number of terminal acetylenes is 1. The standard InChI is InChI=1S/C17H19N3S/c1-6-13-8-15(14(10(2)3)7-11(13)4)21-16-9-19-12(5)20-17(16)18/h1,7-10H,2-5H3,(H2,18,19,20). The molecule has 0 amide bonds. The molecule has 2 N–H and O–H groups in total. The zero-order chi connectivity index (χ0) is 15.6. The number of hydrogen-bond acceptors (Lipinski definition) is 4. The molecule has 0 saturated carbocycles. The van der Waals surface area contributed by atoms with Gasteiger partial charge in [-0.1, -0.05) is 37.6 Å². The van der Waals surface area contributed by atoms with Crippen molar-refractivity contribution in [3.05, 3.63) is 40.8 Å². The van der Waals surface area contributed by atoms with E-state index < -0.39 is 0 Å². The first-order valence-electron chi connectivity index (χ1n) is 6.80. The Hall–Kier alpha value is -1.99. The van der Waals surface area contributed by atoms with Crippen LogP contribution < -0.4 is 5.73 Å². The molecule has 0 aliphatic heterocycles. The van der Waals surface area contributed by atoms with E-state index in [9.17, 15) is 0 Å². The molecule has 0 fully saturated rings. The summed E-state index contributed by atoms with van der Waals surface area (Å²) in [7, 11) is 0. The molecule has 1 heterocycles. The lowest BCUT2D eigenvalue weighted by Gasteiger charge is -2.15. The molecule has 21 heavy (non-hydrogen) atoms. The zero-order valence-electron chi connectivity index (χ0n) is 12.8. The van der Waals surface area contributed by atoms with Gasteiger partial charge < -0.3 is 5.73 Å². The maximum Gasteiger partial charge on any atom is 0.141 e. The molecular formula is C17H19N3S. The maximum atomic E-state index is 5.98. The number of benzene rings is 1. The van der Waals surface area contributed by atoms with E-state index in [4.69, 9.17) is 12.2 Å². The average molecular weight is 297 g/mol. The summed E-state index contributed by atoms with van der Waals surface area (Å²) in [6.45, 7) is 8.21. The normalized spacial score (nSPS) is 10.7. The molecule has 0 saturated heterocycles. The van der Waals surface area contributed by atoms with E-state index in [-0.39, 0.29) is 0 Å². The number of nitrogens with zero attached hydrogens (tertiary/aromatic N) is 2. The van der Waals surface area contributed by atoms with Gasteiger partial charge in [-0.05, 0) is 37.0 Å². The summed E-state index contributed by atoms with van der Waals surface area (Å²) in [6, 6.07) is 4.21. The monoisotopic (exact) mass is 297 g/mol. The van der Waals surface area contributed by atoms with Crippen molar-refractivity contribution in [2.75, 3.05) is 5.73 Å². The maximum absolute atomic E-state index is 5.98. The van der Waals surface area contributed by atoms with E-state index >= 15 is 0 Å². The first-order valence-corrected chi connectivity index (χ1v) is 7.62. The van der Waals surface area contributed by atoms with E-state index in [1.165, 1.54) is 5.56 Å². The Labute approximate surface area is 130 Å². The number of hydrogen-bond donors (Lipinski definition) is 1. The van der Waals surface area contributed by atoms with E-state index in [0.717, 1.165) is 20.9 Å². The van der Waals surface area contributed by atoms with Crippen LogP contribution in [0.2, 0.25) is 0 Å². The van der Waals surface area contributed by atoms with Crippen molar-refractivity contribution >= 4 is 17.6 Å². The van der Waals surface area contributed by atoms with Crippen molar-refractivity contribution in [2.24, 2.45) is 0 Å². The van der Waals surface area contributed by atoms with Gasteiger partial charge in [-0.3, -0.25) is 0 Å². The highest BCUT2D eigenvalue weighted by molar-refractivity contribution is 7.99. The van der Waals surface area contributed by atoms with Crippen LogP contribution in [-0.2, 0) is 0 Å². The molecule has 0 spiro atoms. The molecule has 1 aromatic carbocycles. The number of nitrogens with two attached hydrogens (primary N) is 1. The summed E-state index contributed by atoms with van der Waals surface area (Å²) in [5, 5.41) is 0. The highest BCUT2D eigenvalue weighted by Crippen LogP contribution is 2.37. The van der Waals surface area contributed by atoms with Gasteiger partial charge in [0.2, 0.25) is 0 Å². The third-order valence-corrected chi connectivity index (χ3v) is 4.37. The second kappa shape index (κ2) is 6.19. The van der Waals surface area contributed by atoms with E-state index in [2.05, 4.69) is 41.9 Å². The summed E-state index contributed by atoms with van der Waals surface area (Å²) in [5.41, 5.74) is 9.28. The fourth-order valence-corrected chi connectivity index (χ4v) is 3.16. The molecule has 0 atom stereocenters. The Kier molecular flexibility index (Phi) is 4.54. The zero-order valence-corrected chi connectivity index (χ0v) is 13.6. The van der Waals surface area contributed by atoms with Crippen molar-refractivity contribution in [1.82, 2.24) is 9.97 Å². The molecular weight excluding hydrogens is 278 g/mol. The number of aryl methyl sites for hydroxylation is 2. The predicted molar refractivity (Wildman–Crippen MR) is 88.5 cm³/mol. The SMILES string of the molecule is C#Cc1cc(Sc2cnc(C)nc2N)c(C(C)C)cc1C. The minimum atomic E-state index is 0.408. The first kappa shape index (κ1) is 15.4. The van der Waals surface area contributed by atoms with Crippen LogP contribution in [0.25, 0.3) is 0 Å². The third-order valence-electron chi connectivity index (χ3n) is 3.26. The lowest BCUT2D eigenvalue weighted by molar-refractivity contribution is 0.839. The second-order valence-electron chi connectivity index (χ2n) is 5.27. The summed E-state index contributed by atoms with van der Waals surface area (Å²) in [5.74, 6) is 4.32. The smallest absolute Gasteiger partial charge is 0.141 e. The van der Waals surface area contributed by atoms with Gasteiger partial charge in [0.15, 0.2) is 0 Å². The number of anilines is 1. The van der Waals surface area contributed by atoms with Gasteiger partial charge in [0.25, 0.3) is 0 Å². The van der Waals surface area contributed by atoms with Crippen LogP contribution in [0.15, 0.2) is 28.1 Å². The third kappa shape index (κ3) is 3.37. The lowest BCUT2D eigenvalue weighted by Crippen LogP contribution is -1.99. The molecule has 0 unspecified atom stereocenters. The van der Waals surface area contributed by atoms with Crippen LogP contribution in [0.5, 0.6) is 0 Å². The molecule has 1 aromatic heterocycles. The summed E-state index contributed by atoms with van der Waals surface area (Å²) in [6.07, 6.45) is 7.35. The minimum absolute atomic E-state index is 0.408. The molecule has 0 radical (unpaired) electrons. The fraction of sp³-hybridized carbons (Fsp3) is 0.294. The van der Waals surface area contributed by atoms with Crippen LogP contribution in [0.1, 0.15) is 42.3 Å². The van der Waals surface area contributed by atoms with E-state index in [0.29, 0.717) is 17.6 Å². The van der Waals surface area contributed by atoms with Crippen LogP contribution in [0.3, 0.4) is 0 Å². The predicted octanol–water partition coefficient (Wildman–Crippen LogP) is 3.93. The van der Waals surface area contributed by atoms with Crippen molar-refractivity contribution < 1.29 is 0 Å². The molecule has 0 aliphatic rings. The van der Waals surface area contributed by atoms with Crippen molar-refractivity contribution in [2.45, 2.75) is 43.4 Å². The Morgan fingerprint density at radius 3 is 2.52 bits per heavy atom. The Morgan fingerprint density at radius 1 is 1.24 bits per heavy atom. The number of rotatable bonds is 3. The van der Waals surface area contributed by atoms with E-state index in [1.54, 1.807) is 18.0 Å². The summed E-state index contributed by atoms with van der Waals surface area (Å²) >= 11 is 1.57. The van der Waals surface area contributed by atoms with Crippen molar-refractivity contribution in [3.63, 3.8) is 0 Å². The average Bonchev–Trinajstić information content (AvgIpc) is 2.42. The van der Waals surface area contributed by atoms with Crippen molar-refractivity contribution in [3.8, 4) is 12.3 Å². The van der Waals surface area contributed by atoms with Gasteiger partial charge in [0, 0.05) is 16.7 Å². The number of nitrogen functional groups attached to an aromatic ring is 1. The molecule has 4 heteroatoms. The van der Waals surface area contributed by atoms with Crippen LogP contribution in [0.4, 0.5) is 5.82 Å². The second-order valence-corrected chi connectivity index (χ2v) is 6.36. The van der Waals surface area contributed by atoms with Gasteiger partial charge in [-0.15, -0.1) is 6.42 Å². The van der Waals surface area contributed by atoms with Crippen molar-refractivity contribution in [1.29, 1.82) is 0 Å². The van der Waals surface area contributed by atoms with Gasteiger partial charge in [-0.25, -0.2) is 9.97 Å². The molecule has 0 bridgehead atoms. The van der Waals surface area contributed by atoms with Gasteiger partial charge in [0.1, 0.15) is 11.6 Å². The highest BCUT2D eigenvalue weighted by atomic mass is 32.2. The number of aromatic nitrogens is 2. The Balaban J connectivity index is 2.49. The molecule has 3 nitrogen and oxygen atoms in total. The van der Waals surface area contributed by atoms with Gasteiger partial charge in [-0.2, -0.15) is 0 Å². The molecule has 0 aliphatic carbocycles. The quantitative estimate of drug-likeness (QED) is 0.872. The van der Waals surface area contributed by atoms with Crippen LogP contribution in [0, 0.1) is 26.2 Å². The Morgan fingerprint density at radius 2 is 1.95 bits per heavy atom. The minimum Gasteiger partial charge on any atom is -0.383 e.